The fourth-order valence-electron chi connectivity index (χ4n) is 2.61. The summed E-state index contributed by atoms with van der Waals surface area (Å²) in [5, 5.41) is 7.50. The number of fused-ring (bicyclic) bond motifs is 1. The third-order valence-electron chi connectivity index (χ3n) is 3.87. The van der Waals surface area contributed by atoms with Gasteiger partial charge >= 0.3 is 0 Å². The Kier molecular flexibility index (Phi) is 8.00. The predicted octanol–water partition coefficient (Wildman–Crippen LogP) is 3.82. The molecule has 0 radical (unpaired) electrons. The van der Waals surface area contributed by atoms with Crippen molar-refractivity contribution in [2.45, 2.75) is 44.1 Å². The molecule has 23 heavy (non-hydrogen) atoms. The molecule has 2 rings (SSSR count). The smallest absolute Gasteiger partial charge is 0.191 e. The van der Waals surface area contributed by atoms with Crippen LogP contribution in [0.25, 0.3) is 0 Å². The zero-order valence-electron chi connectivity index (χ0n) is 14.6. The van der Waals surface area contributed by atoms with Crippen LogP contribution in [0.4, 0.5) is 0 Å². The average molecular weight is 449 g/mol. The first-order chi connectivity index (χ1) is 10.4. The molecule has 0 bridgehead atoms. The Morgan fingerprint density at radius 1 is 1.43 bits per heavy atom. The normalized spacial score (nSPS) is 20.6. The summed E-state index contributed by atoms with van der Waals surface area (Å²) in [4.78, 5) is 4.35. The summed E-state index contributed by atoms with van der Waals surface area (Å²) in [5.41, 5.74) is 1.01. The lowest BCUT2D eigenvalue weighted by molar-refractivity contribution is 0.0694. The van der Waals surface area contributed by atoms with E-state index in [1.165, 1.54) is 5.56 Å². The minimum absolute atomic E-state index is 0. The molecule has 0 saturated carbocycles. The Hall–Kier alpha value is -0.630. The molecule has 0 spiro atoms. The molecule has 1 aliphatic heterocycles. The van der Waals surface area contributed by atoms with Crippen molar-refractivity contribution in [3.8, 4) is 5.75 Å². The standard InChI is InChI=1S/C17H27N3OS.HI/c1-12(22-5)11-19-16(18-4)20-14-10-17(2,3)21-15-9-7-6-8-13(14)15;/h6-9,12,14H,10-11H2,1-5H3,(H2,18,19,20);1H. The highest BCUT2D eigenvalue weighted by Gasteiger charge is 2.33. The van der Waals surface area contributed by atoms with E-state index in [-0.39, 0.29) is 35.6 Å². The Balaban J connectivity index is 0.00000264. The Morgan fingerprint density at radius 3 is 2.78 bits per heavy atom. The zero-order valence-corrected chi connectivity index (χ0v) is 17.7. The van der Waals surface area contributed by atoms with Gasteiger partial charge in [0.1, 0.15) is 11.4 Å². The van der Waals surface area contributed by atoms with Crippen molar-refractivity contribution in [2.75, 3.05) is 19.8 Å². The first-order valence-corrected chi connectivity index (χ1v) is 9.02. The van der Waals surface area contributed by atoms with E-state index in [4.69, 9.17) is 4.74 Å². The Bertz CT molecular complexity index is 536. The molecular weight excluding hydrogens is 421 g/mol. The molecule has 130 valence electrons. The summed E-state index contributed by atoms with van der Waals surface area (Å²) in [6.45, 7) is 7.36. The number of halogens is 1. The molecule has 0 fully saturated rings. The summed E-state index contributed by atoms with van der Waals surface area (Å²) in [6, 6.07) is 8.44. The maximum Gasteiger partial charge on any atom is 0.191 e. The first-order valence-electron chi connectivity index (χ1n) is 7.73. The number of ether oxygens (including phenoxy) is 1. The summed E-state index contributed by atoms with van der Waals surface area (Å²) in [7, 11) is 1.81. The Morgan fingerprint density at radius 2 is 2.13 bits per heavy atom. The van der Waals surface area contributed by atoms with Gasteiger partial charge in [-0.3, -0.25) is 4.99 Å². The van der Waals surface area contributed by atoms with Crippen LogP contribution in [0.15, 0.2) is 29.3 Å². The van der Waals surface area contributed by atoms with E-state index in [9.17, 15) is 0 Å². The van der Waals surface area contributed by atoms with Gasteiger partial charge in [-0.2, -0.15) is 11.8 Å². The minimum Gasteiger partial charge on any atom is -0.487 e. The van der Waals surface area contributed by atoms with E-state index in [1.54, 1.807) is 0 Å². The molecular formula is C17H28IN3OS. The predicted molar refractivity (Wildman–Crippen MR) is 111 cm³/mol. The van der Waals surface area contributed by atoms with Gasteiger partial charge in [0.2, 0.25) is 0 Å². The second-order valence-corrected chi connectivity index (χ2v) is 7.58. The fourth-order valence-corrected chi connectivity index (χ4v) is 2.86. The van der Waals surface area contributed by atoms with Crippen LogP contribution in [0.2, 0.25) is 0 Å². The van der Waals surface area contributed by atoms with Crippen LogP contribution < -0.4 is 15.4 Å². The molecule has 1 heterocycles. The van der Waals surface area contributed by atoms with Gasteiger partial charge in [-0.25, -0.2) is 0 Å². The molecule has 6 heteroatoms. The third kappa shape index (κ3) is 5.74. The number of thioether (sulfide) groups is 1. The highest BCUT2D eigenvalue weighted by molar-refractivity contribution is 14.0. The third-order valence-corrected chi connectivity index (χ3v) is 4.84. The maximum atomic E-state index is 6.08. The summed E-state index contributed by atoms with van der Waals surface area (Å²) >= 11 is 1.85. The number of para-hydroxylation sites is 1. The highest BCUT2D eigenvalue weighted by Crippen LogP contribution is 2.39. The molecule has 0 aromatic heterocycles. The minimum atomic E-state index is -0.183. The molecule has 4 nitrogen and oxygen atoms in total. The van der Waals surface area contributed by atoms with Gasteiger partial charge < -0.3 is 15.4 Å². The van der Waals surface area contributed by atoms with Gasteiger partial charge in [0.15, 0.2) is 5.96 Å². The van der Waals surface area contributed by atoms with Crippen LogP contribution in [0, 0.1) is 0 Å². The van der Waals surface area contributed by atoms with Crippen LogP contribution in [0.1, 0.15) is 38.8 Å². The number of nitrogens with zero attached hydrogens (tertiary/aromatic N) is 1. The van der Waals surface area contributed by atoms with Gasteiger partial charge in [-0.1, -0.05) is 25.1 Å². The van der Waals surface area contributed by atoms with Crippen LogP contribution in [-0.4, -0.2) is 36.7 Å². The lowest BCUT2D eigenvalue weighted by Gasteiger charge is -2.38. The monoisotopic (exact) mass is 449 g/mol. The van der Waals surface area contributed by atoms with Crippen molar-refractivity contribution in [3.63, 3.8) is 0 Å². The molecule has 2 atom stereocenters. The molecule has 0 amide bonds. The van der Waals surface area contributed by atoms with Crippen LogP contribution in [0.3, 0.4) is 0 Å². The largest absolute Gasteiger partial charge is 0.487 e. The van der Waals surface area contributed by atoms with Gasteiger partial charge in [0.05, 0.1) is 6.04 Å². The number of hydrogen-bond donors (Lipinski definition) is 2. The first kappa shape index (κ1) is 20.4. The van der Waals surface area contributed by atoms with Crippen molar-refractivity contribution >= 4 is 41.7 Å². The van der Waals surface area contributed by atoms with Crippen LogP contribution >= 0.6 is 35.7 Å². The number of guanidine groups is 1. The number of rotatable bonds is 4. The number of benzene rings is 1. The lowest BCUT2D eigenvalue weighted by atomic mass is 9.90. The van der Waals surface area contributed by atoms with Gasteiger partial charge in [0.25, 0.3) is 0 Å². The van der Waals surface area contributed by atoms with E-state index in [0.717, 1.165) is 24.7 Å². The van der Waals surface area contributed by atoms with Gasteiger partial charge in [0, 0.05) is 30.8 Å². The molecule has 2 unspecified atom stereocenters. The number of aliphatic imine (C=N–C) groups is 1. The van der Waals surface area contributed by atoms with E-state index in [0.29, 0.717) is 5.25 Å². The Labute approximate surface area is 161 Å². The van der Waals surface area contributed by atoms with Crippen LogP contribution in [-0.2, 0) is 0 Å². The second kappa shape index (κ2) is 9.01. The van der Waals surface area contributed by atoms with Gasteiger partial charge in [-0.05, 0) is 26.2 Å². The maximum absolute atomic E-state index is 6.08. The van der Waals surface area contributed by atoms with E-state index in [1.807, 2.05) is 30.9 Å². The SMILES string of the molecule is CN=C(NCC(C)SC)NC1CC(C)(C)Oc2ccccc21.I. The van der Waals surface area contributed by atoms with Crippen LogP contribution in [0.5, 0.6) is 5.75 Å². The molecule has 1 aliphatic rings. The highest BCUT2D eigenvalue weighted by atomic mass is 127. The molecule has 0 aliphatic carbocycles. The number of hydrogen-bond acceptors (Lipinski definition) is 3. The van der Waals surface area contributed by atoms with Crippen molar-refractivity contribution < 1.29 is 4.74 Å². The molecule has 1 aromatic carbocycles. The summed E-state index contributed by atoms with van der Waals surface area (Å²) < 4.78 is 6.08. The van der Waals surface area contributed by atoms with E-state index >= 15 is 0 Å². The lowest BCUT2D eigenvalue weighted by Crippen LogP contribution is -2.46. The summed E-state index contributed by atoms with van der Waals surface area (Å²) in [5.74, 6) is 1.81. The van der Waals surface area contributed by atoms with Crippen molar-refractivity contribution in [2.24, 2.45) is 4.99 Å². The van der Waals surface area contributed by atoms with Crippen molar-refractivity contribution in [1.82, 2.24) is 10.6 Å². The van der Waals surface area contributed by atoms with Crippen molar-refractivity contribution in [3.05, 3.63) is 29.8 Å². The summed E-state index contributed by atoms with van der Waals surface area (Å²) in [6.07, 6.45) is 3.03. The molecule has 0 saturated heterocycles. The second-order valence-electron chi connectivity index (χ2n) is 6.30. The quantitative estimate of drug-likeness (QED) is 0.417. The van der Waals surface area contributed by atoms with E-state index < -0.39 is 0 Å². The average Bonchev–Trinajstić information content (AvgIpc) is 2.49. The molecule has 2 N–H and O–H groups in total. The van der Waals surface area contributed by atoms with Gasteiger partial charge in [-0.15, -0.1) is 24.0 Å². The molecule has 1 aromatic rings. The zero-order chi connectivity index (χ0) is 16.2. The fraction of sp³-hybridized carbons (Fsp3) is 0.588. The topological polar surface area (TPSA) is 45.7 Å². The number of nitrogens with one attached hydrogen (secondary N) is 2. The van der Waals surface area contributed by atoms with Crippen molar-refractivity contribution in [1.29, 1.82) is 0 Å². The van der Waals surface area contributed by atoms with E-state index in [2.05, 4.69) is 54.8 Å².